The zero-order valence-electron chi connectivity index (χ0n) is 6.38. The van der Waals surface area contributed by atoms with Gasteiger partial charge in [-0.1, -0.05) is 11.2 Å². The van der Waals surface area contributed by atoms with Crippen molar-refractivity contribution >= 4 is 11.9 Å². The van der Waals surface area contributed by atoms with E-state index in [9.17, 15) is 0 Å². The third-order valence-corrected chi connectivity index (χ3v) is 1.25. The van der Waals surface area contributed by atoms with Gasteiger partial charge in [0.05, 0.1) is 0 Å². The Kier molecular flexibility index (Phi) is 2.84. The van der Waals surface area contributed by atoms with Crippen LogP contribution in [0.25, 0.3) is 6.08 Å². The first-order chi connectivity index (χ1) is 5.83. The molecule has 0 saturated carbocycles. The molecule has 4 heteroatoms. The smallest absolute Gasteiger partial charge is 0.162 e. The van der Waals surface area contributed by atoms with Crippen LogP contribution in [0.3, 0.4) is 0 Å². The molecule has 12 heavy (non-hydrogen) atoms. The molecule has 1 aromatic rings. The molecule has 1 aromatic heterocycles. The number of nitrogens with zero attached hydrogens (tertiary/aromatic N) is 2. The summed E-state index contributed by atoms with van der Waals surface area (Å²) in [5.74, 6) is 0.0684. The molecule has 0 amide bonds. The molecular formula is C8H9N3O. The number of oxime groups is 1. The minimum Gasteiger partial charge on any atom is -0.409 e. The Morgan fingerprint density at radius 2 is 2.50 bits per heavy atom. The minimum absolute atomic E-state index is 0.0684. The highest BCUT2D eigenvalue weighted by molar-refractivity contribution is 5.94. The van der Waals surface area contributed by atoms with Gasteiger partial charge in [-0.2, -0.15) is 0 Å². The molecule has 0 aromatic carbocycles. The van der Waals surface area contributed by atoms with E-state index in [-0.39, 0.29) is 5.84 Å². The van der Waals surface area contributed by atoms with Gasteiger partial charge in [-0.25, -0.2) is 0 Å². The van der Waals surface area contributed by atoms with Crippen molar-refractivity contribution in [3.63, 3.8) is 0 Å². The van der Waals surface area contributed by atoms with E-state index in [0.717, 1.165) is 5.56 Å². The molecule has 0 bridgehead atoms. The molecule has 0 radical (unpaired) electrons. The third kappa shape index (κ3) is 2.42. The maximum absolute atomic E-state index is 8.21. The lowest BCUT2D eigenvalue weighted by molar-refractivity contribution is 0.319. The van der Waals surface area contributed by atoms with E-state index >= 15 is 0 Å². The van der Waals surface area contributed by atoms with Gasteiger partial charge < -0.3 is 10.9 Å². The second-order valence-corrected chi connectivity index (χ2v) is 2.14. The molecule has 0 fully saturated rings. The van der Waals surface area contributed by atoms with Crippen LogP contribution in [0.2, 0.25) is 0 Å². The summed E-state index contributed by atoms with van der Waals surface area (Å²) in [6.45, 7) is 0. The normalized spacial score (nSPS) is 12.2. The number of nitrogens with two attached hydrogens (primary N) is 1. The fraction of sp³-hybridized carbons (Fsp3) is 0. The highest BCUT2D eigenvalue weighted by atomic mass is 16.4. The highest BCUT2D eigenvalue weighted by Crippen LogP contribution is 1.97. The first kappa shape index (κ1) is 8.26. The zero-order valence-corrected chi connectivity index (χ0v) is 6.38. The molecule has 0 saturated heterocycles. The Bertz CT molecular complexity index is 292. The summed E-state index contributed by atoms with van der Waals surface area (Å²) >= 11 is 0. The largest absolute Gasteiger partial charge is 0.409 e. The first-order valence-electron chi connectivity index (χ1n) is 3.38. The van der Waals surface area contributed by atoms with Gasteiger partial charge in [-0.15, -0.1) is 0 Å². The van der Waals surface area contributed by atoms with E-state index in [2.05, 4.69) is 10.1 Å². The zero-order chi connectivity index (χ0) is 8.81. The Labute approximate surface area is 70.0 Å². The molecule has 4 nitrogen and oxygen atoms in total. The maximum atomic E-state index is 8.21. The monoisotopic (exact) mass is 163 g/mol. The summed E-state index contributed by atoms with van der Waals surface area (Å²) in [6, 6.07) is 3.68. The van der Waals surface area contributed by atoms with Crippen molar-refractivity contribution in [1.29, 1.82) is 0 Å². The lowest BCUT2D eigenvalue weighted by Gasteiger charge is -1.89. The summed E-state index contributed by atoms with van der Waals surface area (Å²) in [6.07, 6.45) is 6.57. The van der Waals surface area contributed by atoms with Gasteiger partial charge in [-0.05, 0) is 23.8 Å². The molecule has 62 valence electrons. The van der Waals surface area contributed by atoms with Crippen molar-refractivity contribution in [2.75, 3.05) is 0 Å². The van der Waals surface area contributed by atoms with Gasteiger partial charge >= 0.3 is 0 Å². The van der Waals surface area contributed by atoms with E-state index < -0.39 is 0 Å². The molecular weight excluding hydrogens is 154 g/mol. The van der Waals surface area contributed by atoms with Crippen molar-refractivity contribution in [2.24, 2.45) is 10.9 Å². The lowest BCUT2D eigenvalue weighted by Crippen LogP contribution is -2.06. The number of pyridine rings is 1. The molecule has 0 aliphatic heterocycles. The summed E-state index contributed by atoms with van der Waals surface area (Å²) in [7, 11) is 0. The van der Waals surface area contributed by atoms with Gasteiger partial charge in [0.15, 0.2) is 5.84 Å². The molecule has 0 aliphatic rings. The van der Waals surface area contributed by atoms with Crippen LogP contribution in [0.15, 0.2) is 35.8 Å². The minimum atomic E-state index is 0.0684. The first-order valence-corrected chi connectivity index (χ1v) is 3.38. The molecule has 3 N–H and O–H groups in total. The number of amidine groups is 1. The van der Waals surface area contributed by atoms with Crippen LogP contribution in [0, 0.1) is 0 Å². The van der Waals surface area contributed by atoms with Crippen LogP contribution in [0.5, 0.6) is 0 Å². The van der Waals surface area contributed by atoms with Crippen molar-refractivity contribution in [1.82, 2.24) is 4.98 Å². The molecule has 1 heterocycles. The quantitative estimate of drug-likeness (QED) is 0.294. The lowest BCUT2D eigenvalue weighted by atomic mass is 10.2. The summed E-state index contributed by atoms with van der Waals surface area (Å²) < 4.78 is 0. The number of hydrogen-bond donors (Lipinski definition) is 2. The van der Waals surface area contributed by atoms with Crippen LogP contribution in [0.1, 0.15) is 5.56 Å². The number of hydrogen-bond acceptors (Lipinski definition) is 3. The van der Waals surface area contributed by atoms with E-state index in [1.807, 2.05) is 12.1 Å². The number of aromatic nitrogens is 1. The Morgan fingerprint density at radius 3 is 3.08 bits per heavy atom. The second kappa shape index (κ2) is 4.12. The highest BCUT2D eigenvalue weighted by Gasteiger charge is 1.85. The molecule has 0 spiro atoms. The average Bonchev–Trinajstić information content (AvgIpc) is 2.16. The van der Waals surface area contributed by atoms with Crippen molar-refractivity contribution in [2.45, 2.75) is 0 Å². The number of rotatable bonds is 2. The van der Waals surface area contributed by atoms with Gasteiger partial charge in [0.1, 0.15) is 0 Å². The molecule has 0 unspecified atom stereocenters. The summed E-state index contributed by atoms with van der Waals surface area (Å²) in [4.78, 5) is 3.89. The van der Waals surface area contributed by atoms with Crippen LogP contribution in [-0.4, -0.2) is 16.0 Å². The second-order valence-electron chi connectivity index (χ2n) is 2.14. The van der Waals surface area contributed by atoms with E-state index in [1.165, 1.54) is 6.08 Å². The van der Waals surface area contributed by atoms with Crippen LogP contribution < -0.4 is 5.73 Å². The van der Waals surface area contributed by atoms with Gasteiger partial charge in [0.25, 0.3) is 0 Å². The van der Waals surface area contributed by atoms with Gasteiger partial charge in [0, 0.05) is 12.4 Å². The topological polar surface area (TPSA) is 71.5 Å². The average molecular weight is 163 g/mol. The van der Waals surface area contributed by atoms with Crippen molar-refractivity contribution < 1.29 is 5.21 Å². The summed E-state index contributed by atoms with van der Waals surface area (Å²) in [5, 5.41) is 11.0. The molecule has 0 aliphatic carbocycles. The van der Waals surface area contributed by atoms with Gasteiger partial charge in [0.2, 0.25) is 0 Å². The van der Waals surface area contributed by atoms with Crippen LogP contribution in [0.4, 0.5) is 0 Å². The Balaban J connectivity index is 2.70. The fourth-order valence-corrected chi connectivity index (χ4v) is 0.689. The van der Waals surface area contributed by atoms with E-state index in [4.69, 9.17) is 10.9 Å². The molecule has 0 atom stereocenters. The SMILES string of the molecule is NC(C=Cc1cccnc1)=NO. The summed E-state index contributed by atoms with van der Waals surface area (Å²) in [5.41, 5.74) is 6.12. The molecule has 1 rings (SSSR count). The Morgan fingerprint density at radius 1 is 1.67 bits per heavy atom. The predicted octanol–water partition coefficient (Wildman–Crippen LogP) is 0.841. The maximum Gasteiger partial charge on any atom is 0.162 e. The standard InChI is InChI=1S/C8H9N3O/c9-8(11-12)4-3-7-2-1-5-10-6-7/h1-6,12H,(H2,9,11). The van der Waals surface area contributed by atoms with Crippen molar-refractivity contribution in [3.05, 3.63) is 36.2 Å². The Hall–Kier alpha value is -1.84. The fourth-order valence-electron chi connectivity index (χ4n) is 0.689. The predicted molar refractivity (Wildman–Crippen MR) is 46.7 cm³/mol. The van der Waals surface area contributed by atoms with Gasteiger partial charge in [-0.3, -0.25) is 4.98 Å². The van der Waals surface area contributed by atoms with Crippen molar-refractivity contribution in [3.8, 4) is 0 Å². The third-order valence-electron chi connectivity index (χ3n) is 1.25. The van der Waals surface area contributed by atoms with Crippen LogP contribution >= 0.6 is 0 Å². The van der Waals surface area contributed by atoms with E-state index in [1.54, 1.807) is 18.5 Å². The van der Waals surface area contributed by atoms with E-state index in [0.29, 0.717) is 0 Å². The van der Waals surface area contributed by atoms with Crippen LogP contribution in [-0.2, 0) is 0 Å².